The summed E-state index contributed by atoms with van der Waals surface area (Å²) in [4.78, 5) is 16.4. The van der Waals surface area contributed by atoms with Crippen molar-refractivity contribution in [3.05, 3.63) is 71.9 Å². The SMILES string of the molecule is Cc1ccccc1/C=N/NC(=O)C(C)Oc1ccc2ncccc2c1. The molecular formula is C20H19N3O2. The number of carbonyl (C=O) groups is 1. The molecule has 3 rings (SSSR count). The molecule has 1 heterocycles. The predicted octanol–water partition coefficient (Wildman–Crippen LogP) is 3.46. The summed E-state index contributed by atoms with van der Waals surface area (Å²) in [5.74, 6) is 0.308. The first-order valence-corrected chi connectivity index (χ1v) is 8.03. The highest BCUT2D eigenvalue weighted by Crippen LogP contribution is 2.19. The molecule has 0 bridgehead atoms. The Morgan fingerprint density at radius 3 is 2.88 bits per heavy atom. The molecule has 0 aliphatic heterocycles. The summed E-state index contributed by atoms with van der Waals surface area (Å²) in [5.41, 5.74) is 5.44. The van der Waals surface area contributed by atoms with Crippen molar-refractivity contribution < 1.29 is 9.53 Å². The first kappa shape index (κ1) is 16.6. The maximum absolute atomic E-state index is 12.1. The van der Waals surface area contributed by atoms with Crippen molar-refractivity contribution in [1.29, 1.82) is 0 Å². The lowest BCUT2D eigenvalue weighted by Crippen LogP contribution is -2.33. The van der Waals surface area contributed by atoms with E-state index < -0.39 is 6.10 Å². The van der Waals surface area contributed by atoms with Gasteiger partial charge in [0.05, 0.1) is 11.7 Å². The molecule has 1 amide bonds. The molecule has 25 heavy (non-hydrogen) atoms. The molecule has 0 aliphatic carbocycles. The van der Waals surface area contributed by atoms with Gasteiger partial charge in [0.15, 0.2) is 6.10 Å². The number of amides is 1. The van der Waals surface area contributed by atoms with E-state index in [0.29, 0.717) is 5.75 Å². The molecule has 126 valence electrons. The van der Waals surface area contributed by atoms with Crippen LogP contribution in [0.4, 0.5) is 0 Å². The van der Waals surface area contributed by atoms with E-state index in [4.69, 9.17) is 4.74 Å². The zero-order valence-corrected chi connectivity index (χ0v) is 14.1. The van der Waals surface area contributed by atoms with Crippen molar-refractivity contribution in [3.63, 3.8) is 0 Å². The van der Waals surface area contributed by atoms with Crippen LogP contribution in [0.3, 0.4) is 0 Å². The van der Waals surface area contributed by atoms with Gasteiger partial charge in [0, 0.05) is 11.6 Å². The summed E-state index contributed by atoms with van der Waals surface area (Å²) in [6.07, 6.45) is 2.70. The highest BCUT2D eigenvalue weighted by molar-refractivity contribution is 5.85. The zero-order chi connectivity index (χ0) is 17.6. The molecule has 0 saturated carbocycles. The Balaban J connectivity index is 1.61. The van der Waals surface area contributed by atoms with E-state index >= 15 is 0 Å². The Labute approximate surface area is 146 Å². The van der Waals surface area contributed by atoms with Gasteiger partial charge in [-0.05, 0) is 49.2 Å². The summed E-state index contributed by atoms with van der Waals surface area (Å²) in [5, 5.41) is 4.96. The van der Waals surface area contributed by atoms with Crippen molar-refractivity contribution in [2.24, 2.45) is 5.10 Å². The van der Waals surface area contributed by atoms with Crippen LogP contribution in [0.15, 0.2) is 65.9 Å². The minimum Gasteiger partial charge on any atom is -0.481 e. The molecule has 0 radical (unpaired) electrons. The molecule has 1 aromatic heterocycles. The van der Waals surface area contributed by atoms with E-state index in [1.165, 1.54) is 0 Å². The van der Waals surface area contributed by atoms with Crippen LogP contribution < -0.4 is 10.2 Å². The number of benzene rings is 2. The van der Waals surface area contributed by atoms with Gasteiger partial charge in [-0.2, -0.15) is 5.10 Å². The van der Waals surface area contributed by atoms with Crippen molar-refractivity contribution in [3.8, 4) is 5.75 Å². The van der Waals surface area contributed by atoms with E-state index in [1.54, 1.807) is 25.4 Å². The first-order chi connectivity index (χ1) is 12.1. The van der Waals surface area contributed by atoms with Gasteiger partial charge in [-0.25, -0.2) is 5.43 Å². The second-order valence-electron chi connectivity index (χ2n) is 5.71. The monoisotopic (exact) mass is 333 g/mol. The molecule has 0 saturated heterocycles. The van der Waals surface area contributed by atoms with Crippen LogP contribution in [0.5, 0.6) is 5.75 Å². The average molecular weight is 333 g/mol. The summed E-state index contributed by atoms with van der Waals surface area (Å²) in [7, 11) is 0. The van der Waals surface area contributed by atoms with Crippen molar-refractivity contribution >= 4 is 23.0 Å². The predicted molar refractivity (Wildman–Crippen MR) is 98.7 cm³/mol. The molecule has 0 aliphatic rings. The Morgan fingerprint density at radius 2 is 2.04 bits per heavy atom. The maximum atomic E-state index is 12.1. The summed E-state index contributed by atoms with van der Waals surface area (Å²) >= 11 is 0. The number of aromatic nitrogens is 1. The van der Waals surface area contributed by atoms with Gasteiger partial charge in [-0.1, -0.05) is 30.3 Å². The number of nitrogens with zero attached hydrogens (tertiary/aromatic N) is 2. The van der Waals surface area contributed by atoms with Crippen LogP contribution >= 0.6 is 0 Å². The fourth-order valence-corrected chi connectivity index (χ4v) is 2.37. The zero-order valence-electron chi connectivity index (χ0n) is 14.1. The van der Waals surface area contributed by atoms with Crippen LogP contribution in [0.2, 0.25) is 0 Å². The highest BCUT2D eigenvalue weighted by atomic mass is 16.5. The third-order valence-corrected chi connectivity index (χ3v) is 3.82. The van der Waals surface area contributed by atoms with Gasteiger partial charge in [-0.15, -0.1) is 0 Å². The summed E-state index contributed by atoms with van der Waals surface area (Å²) in [6.45, 7) is 3.68. The van der Waals surface area contributed by atoms with Crippen LogP contribution in [0.25, 0.3) is 10.9 Å². The molecular weight excluding hydrogens is 314 g/mol. The second kappa shape index (κ2) is 7.57. The van der Waals surface area contributed by atoms with Gasteiger partial charge in [-0.3, -0.25) is 9.78 Å². The average Bonchev–Trinajstić information content (AvgIpc) is 2.63. The lowest BCUT2D eigenvalue weighted by molar-refractivity contribution is -0.127. The van der Waals surface area contributed by atoms with Gasteiger partial charge < -0.3 is 4.74 Å². The topological polar surface area (TPSA) is 63.6 Å². The maximum Gasteiger partial charge on any atom is 0.280 e. The number of carbonyl (C=O) groups excluding carboxylic acids is 1. The molecule has 3 aromatic rings. The molecule has 0 spiro atoms. The van der Waals surface area contributed by atoms with Crippen molar-refractivity contribution in [1.82, 2.24) is 10.4 Å². The summed E-state index contributed by atoms with van der Waals surface area (Å²) in [6, 6.07) is 17.2. The minimum absolute atomic E-state index is 0.309. The Morgan fingerprint density at radius 1 is 1.20 bits per heavy atom. The van der Waals surface area contributed by atoms with E-state index in [9.17, 15) is 4.79 Å². The fourth-order valence-electron chi connectivity index (χ4n) is 2.37. The van der Waals surface area contributed by atoms with Crippen molar-refractivity contribution in [2.75, 3.05) is 0 Å². The van der Waals surface area contributed by atoms with E-state index in [1.807, 2.05) is 55.5 Å². The Bertz CT molecular complexity index is 921. The third-order valence-electron chi connectivity index (χ3n) is 3.82. The molecule has 1 N–H and O–H groups in total. The Hall–Kier alpha value is -3.21. The van der Waals surface area contributed by atoms with Crippen LogP contribution in [0.1, 0.15) is 18.1 Å². The lowest BCUT2D eigenvalue weighted by Gasteiger charge is -2.13. The van der Waals surface area contributed by atoms with E-state index in [2.05, 4.69) is 15.5 Å². The molecule has 5 heteroatoms. The second-order valence-corrected chi connectivity index (χ2v) is 5.71. The van der Waals surface area contributed by atoms with E-state index in [-0.39, 0.29) is 5.91 Å². The quantitative estimate of drug-likeness (QED) is 0.574. The minimum atomic E-state index is -0.664. The summed E-state index contributed by atoms with van der Waals surface area (Å²) < 4.78 is 5.70. The fraction of sp³-hybridized carbons (Fsp3) is 0.150. The standard InChI is InChI=1S/C20H19N3O2/c1-14-6-3-4-7-17(14)13-22-23-20(24)15(2)25-18-9-10-19-16(12-18)8-5-11-21-19/h3-13,15H,1-2H3,(H,23,24)/b22-13+. The number of hydrazone groups is 1. The highest BCUT2D eigenvalue weighted by Gasteiger charge is 2.14. The molecule has 2 aromatic carbocycles. The molecule has 1 unspecified atom stereocenters. The van der Waals surface area contributed by atoms with Crippen LogP contribution in [-0.2, 0) is 4.79 Å². The molecule has 0 fully saturated rings. The number of aryl methyl sites for hydroxylation is 1. The normalized spacial score (nSPS) is 12.2. The van der Waals surface area contributed by atoms with E-state index in [0.717, 1.165) is 22.0 Å². The largest absolute Gasteiger partial charge is 0.481 e. The first-order valence-electron chi connectivity index (χ1n) is 8.03. The molecule has 1 atom stereocenters. The third kappa shape index (κ3) is 4.20. The molecule has 5 nitrogen and oxygen atoms in total. The Kier molecular flexibility index (Phi) is 5.04. The van der Waals surface area contributed by atoms with Crippen LogP contribution in [0, 0.1) is 6.92 Å². The smallest absolute Gasteiger partial charge is 0.280 e. The number of nitrogens with one attached hydrogen (secondary N) is 1. The number of rotatable bonds is 5. The lowest BCUT2D eigenvalue weighted by atomic mass is 10.1. The van der Waals surface area contributed by atoms with Gasteiger partial charge in [0.25, 0.3) is 5.91 Å². The number of fused-ring (bicyclic) bond motifs is 1. The van der Waals surface area contributed by atoms with Crippen LogP contribution in [-0.4, -0.2) is 23.2 Å². The number of pyridine rings is 1. The number of ether oxygens (including phenoxy) is 1. The van der Waals surface area contributed by atoms with Gasteiger partial charge >= 0.3 is 0 Å². The van der Waals surface area contributed by atoms with Gasteiger partial charge in [0.2, 0.25) is 0 Å². The number of hydrogen-bond donors (Lipinski definition) is 1. The number of hydrogen-bond acceptors (Lipinski definition) is 4. The van der Waals surface area contributed by atoms with Gasteiger partial charge in [0.1, 0.15) is 5.75 Å². The van der Waals surface area contributed by atoms with Crippen molar-refractivity contribution in [2.45, 2.75) is 20.0 Å².